The molecule has 30 heavy (non-hydrogen) atoms. The predicted octanol–water partition coefficient (Wildman–Crippen LogP) is 3.64. The van der Waals surface area contributed by atoms with Crippen molar-refractivity contribution in [2.45, 2.75) is 31.2 Å². The number of aromatic amines is 1. The number of halogens is 1. The molecule has 2 N–H and O–H groups in total. The number of hydrogen-bond donors (Lipinski definition) is 2. The maximum absolute atomic E-state index is 13.1. The SMILES string of the molecule is CCC(C)NC(=O)c1c[nH]c2ccc(S(=O)(=O)N(C)c3ccc(Br)cc3)cc2c1=O. The first-order chi connectivity index (χ1) is 14.1. The maximum atomic E-state index is 13.1. The van der Waals surface area contributed by atoms with Gasteiger partial charge in [-0.05, 0) is 55.8 Å². The van der Waals surface area contributed by atoms with Crippen LogP contribution in [0, 0.1) is 0 Å². The molecule has 0 fully saturated rings. The molecule has 0 aliphatic rings. The van der Waals surface area contributed by atoms with Crippen LogP contribution in [0.5, 0.6) is 0 Å². The topological polar surface area (TPSA) is 99.3 Å². The molecule has 0 radical (unpaired) electrons. The monoisotopic (exact) mass is 491 g/mol. The Hall–Kier alpha value is -2.65. The maximum Gasteiger partial charge on any atom is 0.264 e. The molecular formula is C21H22BrN3O4S. The summed E-state index contributed by atoms with van der Waals surface area (Å²) in [5.74, 6) is -0.493. The number of carbonyl (C=O) groups excluding carboxylic acids is 1. The molecule has 0 aliphatic carbocycles. The van der Waals surface area contributed by atoms with Crippen molar-refractivity contribution in [2.24, 2.45) is 0 Å². The number of nitrogens with zero attached hydrogens (tertiary/aromatic N) is 1. The van der Waals surface area contributed by atoms with Crippen LogP contribution in [0.15, 0.2) is 62.8 Å². The summed E-state index contributed by atoms with van der Waals surface area (Å²) in [6, 6.07) is 11.0. The van der Waals surface area contributed by atoms with E-state index < -0.39 is 21.4 Å². The van der Waals surface area contributed by atoms with Gasteiger partial charge in [0.25, 0.3) is 15.9 Å². The molecule has 1 aromatic heterocycles. The van der Waals surface area contributed by atoms with E-state index in [4.69, 9.17) is 0 Å². The summed E-state index contributed by atoms with van der Waals surface area (Å²) in [6.07, 6.45) is 2.08. The average Bonchev–Trinajstić information content (AvgIpc) is 2.73. The van der Waals surface area contributed by atoms with Gasteiger partial charge in [-0.1, -0.05) is 22.9 Å². The molecule has 158 valence electrons. The van der Waals surface area contributed by atoms with Crippen molar-refractivity contribution in [3.8, 4) is 0 Å². The van der Waals surface area contributed by atoms with Gasteiger partial charge < -0.3 is 10.3 Å². The number of rotatable bonds is 6. The zero-order chi connectivity index (χ0) is 22.1. The van der Waals surface area contributed by atoms with Gasteiger partial charge in [0, 0.05) is 34.7 Å². The van der Waals surface area contributed by atoms with Crippen LogP contribution in [-0.4, -0.2) is 32.4 Å². The van der Waals surface area contributed by atoms with Crippen LogP contribution in [0.3, 0.4) is 0 Å². The van der Waals surface area contributed by atoms with Crippen LogP contribution in [-0.2, 0) is 10.0 Å². The first-order valence-corrected chi connectivity index (χ1v) is 11.6. The van der Waals surface area contributed by atoms with E-state index in [2.05, 4.69) is 26.2 Å². The molecule has 0 spiro atoms. The Bertz CT molecular complexity index is 1250. The lowest BCUT2D eigenvalue weighted by Crippen LogP contribution is -2.35. The minimum atomic E-state index is -3.90. The molecule has 7 nitrogen and oxygen atoms in total. The Labute approximate surface area is 183 Å². The molecule has 1 unspecified atom stereocenters. The van der Waals surface area contributed by atoms with Crippen molar-refractivity contribution in [1.29, 1.82) is 0 Å². The largest absolute Gasteiger partial charge is 0.360 e. The minimum Gasteiger partial charge on any atom is -0.360 e. The molecular weight excluding hydrogens is 470 g/mol. The smallest absolute Gasteiger partial charge is 0.264 e. The zero-order valence-electron chi connectivity index (χ0n) is 16.8. The van der Waals surface area contributed by atoms with Crippen LogP contribution in [0.2, 0.25) is 0 Å². The number of nitrogens with one attached hydrogen (secondary N) is 2. The Balaban J connectivity index is 2.05. The van der Waals surface area contributed by atoms with Crippen molar-refractivity contribution in [3.63, 3.8) is 0 Å². The highest BCUT2D eigenvalue weighted by atomic mass is 79.9. The fourth-order valence-electron chi connectivity index (χ4n) is 2.88. The summed E-state index contributed by atoms with van der Waals surface area (Å²) in [6.45, 7) is 3.77. The van der Waals surface area contributed by atoms with Crippen molar-refractivity contribution < 1.29 is 13.2 Å². The van der Waals surface area contributed by atoms with Gasteiger partial charge in [0.2, 0.25) is 5.43 Å². The molecule has 0 aliphatic heterocycles. The van der Waals surface area contributed by atoms with Gasteiger partial charge in [0.1, 0.15) is 5.56 Å². The number of pyridine rings is 1. The highest BCUT2D eigenvalue weighted by Crippen LogP contribution is 2.25. The van der Waals surface area contributed by atoms with Crippen LogP contribution in [0.4, 0.5) is 5.69 Å². The highest BCUT2D eigenvalue weighted by Gasteiger charge is 2.23. The number of hydrogen-bond acceptors (Lipinski definition) is 4. The van der Waals surface area contributed by atoms with Crippen LogP contribution >= 0.6 is 15.9 Å². The standard InChI is InChI=1S/C21H22BrN3O4S/c1-4-13(2)24-21(27)18-12-23-19-10-9-16(11-17(19)20(18)26)30(28,29)25(3)15-7-5-14(22)6-8-15/h5-13H,4H2,1-3H3,(H,23,26)(H,24,27). The molecule has 3 rings (SSSR count). The second-order valence-electron chi connectivity index (χ2n) is 6.97. The number of H-pyrrole nitrogens is 1. The first kappa shape index (κ1) is 22.0. The number of benzene rings is 2. The van der Waals surface area contributed by atoms with E-state index in [1.807, 2.05) is 13.8 Å². The minimum absolute atomic E-state index is 0.0367. The summed E-state index contributed by atoms with van der Waals surface area (Å²) in [5, 5.41) is 2.89. The molecule has 3 aromatic rings. The van der Waals surface area contributed by atoms with Gasteiger partial charge in [0.15, 0.2) is 0 Å². The molecule has 0 saturated heterocycles. The van der Waals surface area contributed by atoms with E-state index in [9.17, 15) is 18.0 Å². The summed E-state index contributed by atoms with van der Waals surface area (Å²) in [7, 11) is -2.46. The van der Waals surface area contributed by atoms with Gasteiger partial charge in [0.05, 0.1) is 10.6 Å². The quantitative estimate of drug-likeness (QED) is 0.549. The van der Waals surface area contributed by atoms with Crippen molar-refractivity contribution in [2.75, 3.05) is 11.4 Å². The van der Waals surface area contributed by atoms with Crippen molar-refractivity contribution in [3.05, 3.63) is 68.9 Å². The van der Waals surface area contributed by atoms with Gasteiger partial charge in [-0.25, -0.2) is 8.42 Å². The number of amides is 1. The normalized spacial score (nSPS) is 12.5. The Morgan fingerprint density at radius 2 is 1.87 bits per heavy atom. The van der Waals surface area contributed by atoms with E-state index >= 15 is 0 Å². The Kier molecular flexibility index (Phi) is 6.33. The van der Waals surface area contributed by atoms with Crippen LogP contribution in [0.1, 0.15) is 30.6 Å². The number of carbonyl (C=O) groups is 1. The van der Waals surface area contributed by atoms with E-state index in [1.165, 1.54) is 31.4 Å². The van der Waals surface area contributed by atoms with E-state index in [0.717, 1.165) is 15.2 Å². The number of fused-ring (bicyclic) bond motifs is 1. The van der Waals surface area contributed by atoms with Gasteiger partial charge >= 0.3 is 0 Å². The van der Waals surface area contributed by atoms with Crippen LogP contribution in [0.25, 0.3) is 10.9 Å². The van der Waals surface area contributed by atoms with E-state index in [-0.39, 0.29) is 21.9 Å². The third-order valence-corrected chi connectivity index (χ3v) is 7.25. The second-order valence-corrected chi connectivity index (χ2v) is 9.86. The lowest BCUT2D eigenvalue weighted by Gasteiger charge is -2.20. The third-order valence-electron chi connectivity index (χ3n) is 4.94. The summed E-state index contributed by atoms with van der Waals surface area (Å²) >= 11 is 3.32. The Morgan fingerprint density at radius 3 is 2.50 bits per heavy atom. The summed E-state index contributed by atoms with van der Waals surface area (Å²) in [5.41, 5.74) is 0.353. The molecule has 0 bridgehead atoms. The third kappa shape index (κ3) is 4.27. The lowest BCUT2D eigenvalue weighted by molar-refractivity contribution is 0.0938. The molecule has 1 heterocycles. The van der Waals surface area contributed by atoms with Gasteiger partial charge in [-0.3, -0.25) is 13.9 Å². The first-order valence-electron chi connectivity index (χ1n) is 9.36. The zero-order valence-corrected chi connectivity index (χ0v) is 19.2. The molecule has 1 amide bonds. The van der Waals surface area contributed by atoms with E-state index in [0.29, 0.717) is 11.2 Å². The number of sulfonamides is 1. The van der Waals surface area contributed by atoms with E-state index in [1.54, 1.807) is 24.3 Å². The van der Waals surface area contributed by atoms with Crippen molar-refractivity contribution in [1.82, 2.24) is 10.3 Å². The van der Waals surface area contributed by atoms with Gasteiger partial charge in [-0.2, -0.15) is 0 Å². The van der Waals surface area contributed by atoms with Crippen LogP contribution < -0.4 is 15.1 Å². The molecule has 9 heteroatoms. The van der Waals surface area contributed by atoms with Gasteiger partial charge in [-0.15, -0.1) is 0 Å². The second kappa shape index (κ2) is 8.61. The summed E-state index contributed by atoms with van der Waals surface area (Å²) in [4.78, 5) is 28.2. The molecule has 2 aromatic carbocycles. The number of aromatic nitrogens is 1. The fraction of sp³-hybridized carbons (Fsp3) is 0.238. The summed E-state index contributed by atoms with van der Waals surface area (Å²) < 4.78 is 28.2. The predicted molar refractivity (Wildman–Crippen MR) is 122 cm³/mol. The molecule has 1 atom stereocenters. The molecule has 0 saturated carbocycles. The number of anilines is 1. The van der Waals surface area contributed by atoms with Crippen molar-refractivity contribution >= 4 is 48.5 Å². The lowest BCUT2D eigenvalue weighted by atomic mass is 10.1. The Morgan fingerprint density at radius 1 is 1.20 bits per heavy atom. The average molecular weight is 492 g/mol. The highest BCUT2D eigenvalue weighted by molar-refractivity contribution is 9.10. The fourth-order valence-corrected chi connectivity index (χ4v) is 4.36.